The van der Waals surface area contributed by atoms with Crippen LogP contribution in [0.5, 0.6) is 0 Å². The number of rotatable bonds is 2. The normalized spacial score (nSPS) is 15.0. The van der Waals surface area contributed by atoms with E-state index in [1.54, 1.807) is 0 Å². The molecule has 0 aromatic carbocycles. The number of hydrogen-bond acceptors (Lipinski definition) is 0. The molecule has 0 nitrogen and oxygen atoms in total. The molecule has 24 heavy (non-hydrogen) atoms. The van der Waals surface area contributed by atoms with Gasteiger partial charge in [-0.1, -0.05) is 111 Å². The zero-order valence-corrected chi connectivity index (χ0v) is 20.4. The fourth-order valence-electron chi connectivity index (χ4n) is 4.62. The van der Waals surface area contributed by atoms with Gasteiger partial charge in [0.15, 0.2) is 0 Å². The maximum absolute atomic E-state index is 2.38. The van der Waals surface area contributed by atoms with Crippen LogP contribution in [-0.4, -0.2) is 0 Å². The summed E-state index contributed by atoms with van der Waals surface area (Å²) in [6.45, 7) is 37.6. The molecule has 0 aliphatic heterocycles. The first-order valence-corrected chi connectivity index (χ1v) is 10.1. The van der Waals surface area contributed by atoms with Crippen LogP contribution in [0.25, 0.3) is 0 Å². The van der Waals surface area contributed by atoms with Crippen molar-refractivity contribution >= 4 is 0 Å². The van der Waals surface area contributed by atoms with Gasteiger partial charge in [0.2, 0.25) is 0 Å². The SMILES string of the molecule is CC(C)(C)C(C)(C)C(C)(C)C.CCC(CC)(C(C)(C)C)C(C)(C)C. The van der Waals surface area contributed by atoms with E-state index in [0.717, 1.165) is 0 Å². The van der Waals surface area contributed by atoms with Crippen molar-refractivity contribution in [1.82, 2.24) is 0 Å². The van der Waals surface area contributed by atoms with E-state index in [2.05, 4.69) is 111 Å². The summed E-state index contributed by atoms with van der Waals surface area (Å²) in [4.78, 5) is 0. The summed E-state index contributed by atoms with van der Waals surface area (Å²) < 4.78 is 0. The summed E-state index contributed by atoms with van der Waals surface area (Å²) in [5, 5.41) is 0. The molecule has 0 spiro atoms. The van der Waals surface area contributed by atoms with Gasteiger partial charge in [-0.15, -0.1) is 0 Å². The first-order valence-electron chi connectivity index (χ1n) is 10.1. The van der Waals surface area contributed by atoms with Crippen LogP contribution in [0.4, 0.5) is 0 Å². The van der Waals surface area contributed by atoms with Crippen LogP contribution in [0.1, 0.15) is 124 Å². The van der Waals surface area contributed by atoms with Crippen LogP contribution in [0.15, 0.2) is 0 Å². The predicted octanol–water partition coefficient (Wildman–Crippen LogP) is 8.99. The summed E-state index contributed by atoms with van der Waals surface area (Å²) in [5.41, 5.74) is 2.39. The van der Waals surface area contributed by atoms with E-state index in [-0.39, 0.29) is 0 Å². The van der Waals surface area contributed by atoms with Gasteiger partial charge in [-0.25, -0.2) is 0 Å². The third-order valence-corrected chi connectivity index (χ3v) is 7.83. The van der Waals surface area contributed by atoms with Crippen LogP contribution in [0, 0.1) is 32.5 Å². The number of hydrogen-bond donors (Lipinski definition) is 0. The maximum atomic E-state index is 2.38. The molecule has 0 N–H and O–H groups in total. The van der Waals surface area contributed by atoms with Gasteiger partial charge in [-0.05, 0) is 45.3 Å². The van der Waals surface area contributed by atoms with Crippen molar-refractivity contribution in [3.05, 3.63) is 0 Å². The van der Waals surface area contributed by atoms with E-state index in [1.807, 2.05) is 0 Å². The lowest BCUT2D eigenvalue weighted by atomic mass is 9.52. The minimum Gasteiger partial charge on any atom is -0.0648 e. The Bertz CT molecular complexity index is 319. The molecule has 0 heterocycles. The second-order valence-electron chi connectivity index (χ2n) is 12.4. The van der Waals surface area contributed by atoms with Gasteiger partial charge in [0.05, 0.1) is 0 Å². The van der Waals surface area contributed by atoms with E-state index in [9.17, 15) is 0 Å². The second kappa shape index (κ2) is 7.71. The Labute approximate surface area is 156 Å². The van der Waals surface area contributed by atoms with Crippen LogP contribution < -0.4 is 0 Å². The lowest BCUT2D eigenvalue weighted by molar-refractivity contribution is -0.0395. The maximum Gasteiger partial charge on any atom is -0.0205 e. The summed E-state index contributed by atoms with van der Waals surface area (Å²) in [5.74, 6) is 0. The molecule has 0 saturated heterocycles. The molecule has 0 bridgehead atoms. The predicted molar refractivity (Wildman–Crippen MR) is 115 cm³/mol. The van der Waals surface area contributed by atoms with Crippen LogP contribution >= 0.6 is 0 Å². The minimum atomic E-state index is 0.375. The first kappa shape index (κ1) is 26.2. The molecule has 0 aromatic rings. The Kier molecular flexibility index (Phi) is 8.43. The molecule has 0 unspecified atom stereocenters. The van der Waals surface area contributed by atoms with E-state index < -0.39 is 0 Å². The fraction of sp³-hybridized carbons (Fsp3) is 1.00. The van der Waals surface area contributed by atoms with Gasteiger partial charge in [-0.2, -0.15) is 0 Å². The topological polar surface area (TPSA) is 0 Å². The Hall–Kier alpha value is 0. The van der Waals surface area contributed by atoms with Gasteiger partial charge in [0.25, 0.3) is 0 Å². The third-order valence-electron chi connectivity index (χ3n) is 7.83. The van der Waals surface area contributed by atoms with E-state index in [0.29, 0.717) is 32.5 Å². The van der Waals surface area contributed by atoms with Crippen molar-refractivity contribution < 1.29 is 0 Å². The molecule has 0 aliphatic carbocycles. The lowest BCUT2D eigenvalue weighted by Crippen LogP contribution is -2.45. The van der Waals surface area contributed by atoms with E-state index >= 15 is 0 Å². The van der Waals surface area contributed by atoms with Gasteiger partial charge in [0.1, 0.15) is 0 Å². The van der Waals surface area contributed by atoms with E-state index in [1.165, 1.54) is 12.8 Å². The van der Waals surface area contributed by atoms with Gasteiger partial charge >= 0.3 is 0 Å². The summed E-state index contributed by atoms with van der Waals surface area (Å²) in [7, 11) is 0. The van der Waals surface area contributed by atoms with Crippen molar-refractivity contribution in [2.45, 2.75) is 124 Å². The quantitative estimate of drug-likeness (QED) is 0.470. The largest absolute Gasteiger partial charge is 0.0648 e. The van der Waals surface area contributed by atoms with Crippen molar-refractivity contribution in [2.24, 2.45) is 32.5 Å². The molecular formula is C24H52. The Morgan fingerprint density at radius 3 is 0.583 bits per heavy atom. The van der Waals surface area contributed by atoms with Crippen molar-refractivity contribution in [3.63, 3.8) is 0 Å². The molecule has 0 radical (unpaired) electrons. The standard InChI is InChI=1S/C13H28.C11H24/c1-9-13(10-2,11(3,4)5)12(6,7)8;1-9(2,3)11(7,8)10(4,5)6/h9-10H2,1-8H3;1-8H3. The summed E-state index contributed by atoms with van der Waals surface area (Å²) >= 11 is 0. The van der Waals surface area contributed by atoms with Crippen molar-refractivity contribution in [2.75, 3.05) is 0 Å². The smallest absolute Gasteiger partial charge is 0.0205 e. The summed E-state index contributed by atoms with van der Waals surface area (Å²) in [6, 6.07) is 0. The molecule has 0 fully saturated rings. The van der Waals surface area contributed by atoms with Gasteiger partial charge in [0, 0.05) is 0 Å². The molecular weight excluding hydrogens is 288 g/mol. The molecule has 0 atom stereocenters. The molecule has 0 aromatic heterocycles. The highest BCUT2D eigenvalue weighted by molar-refractivity contribution is 4.96. The van der Waals surface area contributed by atoms with E-state index in [4.69, 9.17) is 0 Å². The Morgan fingerprint density at radius 1 is 0.375 bits per heavy atom. The summed E-state index contributed by atoms with van der Waals surface area (Å²) in [6.07, 6.45) is 2.55. The first-order chi connectivity index (χ1) is 10.1. The average Bonchev–Trinajstić information content (AvgIpc) is 2.24. The molecule has 0 heteroatoms. The van der Waals surface area contributed by atoms with Crippen LogP contribution in [0.3, 0.4) is 0 Å². The monoisotopic (exact) mass is 340 g/mol. The highest BCUT2D eigenvalue weighted by Crippen LogP contribution is 2.56. The van der Waals surface area contributed by atoms with Crippen molar-refractivity contribution in [3.8, 4) is 0 Å². The molecule has 0 saturated carbocycles. The fourth-order valence-corrected chi connectivity index (χ4v) is 4.62. The average molecular weight is 341 g/mol. The van der Waals surface area contributed by atoms with Crippen molar-refractivity contribution in [1.29, 1.82) is 0 Å². The third kappa shape index (κ3) is 5.50. The second-order valence-corrected chi connectivity index (χ2v) is 12.4. The Morgan fingerprint density at radius 2 is 0.583 bits per heavy atom. The molecule has 0 rings (SSSR count). The zero-order valence-electron chi connectivity index (χ0n) is 20.4. The lowest BCUT2D eigenvalue weighted by Gasteiger charge is -2.53. The zero-order chi connectivity index (χ0) is 20.4. The molecule has 0 aliphatic rings. The van der Waals surface area contributed by atoms with Gasteiger partial charge in [-0.3, -0.25) is 0 Å². The van der Waals surface area contributed by atoms with Crippen LogP contribution in [0.2, 0.25) is 0 Å². The van der Waals surface area contributed by atoms with Crippen LogP contribution in [-0.2, 0) is 0 Å². The highest BCUT2D eigenvalue weighted by Gasteiger charge is 2.47. The highest BCUT2D eigenvalue weighted by atomic mass is 14.5. The minimum absolute atomic E-state index is 0.375. The Balaban J connectivity index is 0. The molecule has 0 amide bonds. The molecule has 148 valence electrons. The van der Waals surface area contributed by atoms with Gasteiger partial charge < -0.3 is 0 Å².